The average molecular weight is 240 g/mol. The van der Waals surface area contributed by atoms with Gasteiger partial charge in [0.15, 0.2) is 11.5 Å². The van der Waals surface area contributed by atoms with E-state index < -0.39 is 20.8 Å². The molecule has 0 spiro atoms. The molecule has 0 unspecified atom stereocenters. The molecule has 1 rings (SSSR count). The van der Waals surface area contributed by atoms with Crippen molar-refractivity contribution in [3.8, 4) is 0 Å². The maximum atomic E-state index is 10.9. The summed E-state index contributed by atoms with van der Waals surface area (Å²) < 4.78 is 30.1. The second-order valence-corrected chi connectivity index (χ2v) is 5.13. The molecule has 14 heavy (non-hydrogen) atoms. The standard InChI is InChI=1S/C6H6ClNO5S/c1-12-6(9)5-2-4(13-8-5)3-14(7,10)11/h2H,3H2,1H3. The molecular weight excluding hydrogens is 234 g/mol. The quantitative estimate of drug-likeness (QED) is 0.565. The van der Waals surface area contributed by atoms with Crippen LogP contribution in [0, 0.1) is 0 Å². The van der Waals surface area contributed by atoms with Crippen molar-refractivity contribution >= 4 is 25.7 Å². The van der Waals surface area contributed by atoms with Gasteiger partial charge in [-0.05, 0) is 0 Å². The summed E-state index contributed by atoms with van der Waals surface area (Å²) in [6.07, 6.45) is 0. The smallest absolute Gasteiger partial charge is 0.360 e. The number of carbonyl (C=O) groups excluding carboxylic acids is 1. The molecule has 0 radical (unpaired) electrons. The summed E-state index contributed by atoms with van der Waals surface area (Å²) in [7, 11) is 2.42. The number of rotatable bonds is 3. The van der Waals surface area contributed by atoms with Crippen LogP contribution in [0.3, 0.4) is 0 Å². The highest BCUT2D eigenvalue weighted by molar-refractivity contribution is 8.13. The Hall–Kier alpha value is -1.08. The van der Waals surface area contributed by atoms with Gasteiger partial charge in [-0.2, -0.15) is 0 Å². The van der Waals surface area contributed by atoms with Gasteiger partial charge in [0.05, 0.1) is 7.11 Å². The van der Waals surface area contributed by atoms with Gasteiger partial charge in [-0.25, -0.2) is 13.2 Å². The van der Waals surface area contributed by atoms with Crippen molar-refractivity contribution in [3.63, 3.8) is 0 Å². The third-order valence-electron chi connectivity index (χ3n) is 1.27. The van der Waals surface area contributed by atoms with E-state index in [4.69, 9.17) is 10.7 Å². The number of esters is 1. The predicted molar refractivity (Wildman–Crippen MR) is 46.3 cm³/mol. The lowest BCUT2D eigenvalue weighted by Crippen LogP contribution is -2.00. The number of hydrogen-bond donors (Lipinski definition) is 0. The van der Waals surface area contributed by atoms with Crippen LogP contribution in [-0.2, 0) is 19.5 Å². The minimum atomic E-state index is -3.71. The Morgan fingerprint density at radius 3 is 2.86 bits per heavy atom. The van der Waals surface area contributed by atoms with Gasteiger partial charge in [0.2, 0.25) is 9.05 Å². The number of carbonyl (C=O) groups is 1. The topological polar surface area (TPSA) is 86.5 Å². The maximum absolute atomic E-state index is 10.9. The first kappa shape index (κ1) is 11.0. The number of ether oxygens (including phenoxy) is 1. The zero-order chi connectivity index (χ0) is 10.8. The van der Waals surface area contributed by atoms with Gasteiger partial charge in [0, 0.05) is 16.7 Å². The van der Waals surface area contributed by atoms with E-state index >= 15 is 0 Å². The SMILES string of the molecule is COC(=O)c1cc(CS(=O)(=O)Cl)on1. The fraction of sp³-hybridized carbons (Fsp3) is 0.333. The van der Waals surface area contributed by atoms with Crippen LogP contribution in [0.5, 0.6) is 0 Å². The van der Waals surface area contributed by atoms with E-state index in [0.717, 1.165) is 6.07 Å². The Labute approximate surface area is 84.2 Å². The first-order valence-corrected chi connectivity index (χ1v) is 5.86. The number of nitrogens with zero attached hydrogens (tertiary/aromatic N) is 1. The van der Waals surface area contributed by atoms with E-state index in [1.54, 1.807) is 0 Å². The van der Waals surface area contributed by atoms with Crippen molar-refractivity contribution in [2.45, 2.75) is 5.75 Å². The number of halogens is 1. The molecule has 0 fully saturated rings. The van der Waals surface area contributed by atoms with E-state index in [1.807, 2.05) is 0 Å². The third kappa shape index (κ3) is 3.00. The Bertz CT molecular complexity index is 437. The lowest BCUT2D eigenvalue weighted by atomic mass is 10.4. The molecule has 0 aliphatic rings. The Morgan fingerprint density at radius 1 is 1.71 bits per heavy atom. The van der Waals surface area contributed by atoms with E-state index in [9.17, 15) is 13.2 Å². The van der Waals surface area contributed by atoms with Crippen molar-refractivity contribution in [2.24, 2.45) is 0 Å². The minimum Gasteiger partial charge on any atom is -0.464 e. The fourth-order valence-corrected chi connectivity index (χ4v) is 1.55. The summed E-state index contributed by atoms with van der Waals surface area (Å²) in [5.74, 6) is -1.23. The summed E-state index contributed by atoms with van der Waals surface area (Å²) in [5.41, 5.74) is -0.0946. The summed E-state index contributed by atoms with van der Waals surface area (Å²) in [4.78, 5) is 10.9. The van der Waals surface area contributed by atoms with Crippen molar-refractivity contribution in [1.29, 1.82) is 0 Å². The van der Waals surface area contributed by atoms with Gasteiger partial charge < -0.3 is 9.26 Å². The predicted octanol–water partition coefficient (Wildman–Crippen LogP) is 0.530. The van der Waals surface area contributed by atoms with Crippen LogP contribution in [-0.4, -0.2) is 26.7 Å². The molecule has 1 aromatic heterocycles. The molecule has 1 aromatic rings. The van der Waals surface area contributed by atoms with Crippen LogP contribution in [0.15, 0.2) is 10.6 Å². The van der Waals surface area contributed by atoms with Crippen molar-refractivity contribution in [3.05, 3.63) is 17.5 Å². The molecule has 0 saturated carbocycles. The van der Waals surface area contributed by atoms with Crippen LogP contribution in [0.1, 0.15) is 16.2 Å². The lowest BCUT2D eigenvalue weighted by Gasteiger charge is -1.89. The molecule has 0 aliphatic carbocycles. The summed E-state index contributed by atoms with van der Waals surface area (Å²) in [6, 6.07) is 1.16. The van der Waals surface area contributed by atoms with E-state index in [0.29, 0.717) is 0 Å². The van der Waals surface area contributed by atoms with Crippen molar-refractivity contribution in [2.75, 3.05) is 7.11 Å². The van der Waals surface area contributed by atoms with Gasteiger partial charge in [-0.1, -0.05) is 5.16 Å². The average Bonchev–Trinajstić information content (AvgIpc) is 2.48. The van der Waals surface area contributed by atoms with Crippen LogP contribution in [0.2, 0.25) is 0 Å². The molecule has 0 aliphatic heterocycles. The molecular formula is C6H6ClNO5S. The largest absolute Gasteiger partial charge is 0.464 e. The van der Waals surface area contributed by atoms with E-state index in [1.165, 1.54) is 7.11 Å². The number of methoxy groups -OCH3 is 1. The highest BCUT2D eigenvalue weighted by Crippen LogP contribution is 2.11. The fourth-order valence-electron chi connectivity index (χ4n) is 0.752. The zero-order valence-corrected chi connectivity index (χ0v) is 8.63. The first-order chi connectivity index (χ1) is 6.42. The van der Waals surface area contributed by atoms with Gasteiger partial charge in [-0.3, -0.25) is 0 Å². The molecule has 0 N–H and O–H groups in total. The second-order valence-electron chi connectivity index (χ2n) is 2.35. The Balaban J connectivity index is 2.84. The van der Waals surface area contributed by atoms with Crippen molar-refractivity contribution < 1.29 is 22.5 Å². The van der Waals surface area contributed by atoms with Gasteiger partial charge in [0.1, 0.15) is 5.75 Å². The monoisotopic (exact) mass is 239 g/mol. The zero-order valence-electron chi connectivity index (χ0n) is 7.06. The normalized spacial score (nSPS) is 11.3. The summed E-state index contributed by atoms with van der Waals surface area (Å²) in [5, 5.41) is 3.30. The molecule has 6 nitrogen and oxygen atoms in total. The molecule has 0 bridgehead atoms. The van der Waals surface area contributed by atoms with Crippen molar-refractivity contribution in [1.82, 2.24) is 5.16 Å². The maximum Gasteiger partial charge on any atom is 0.360 e. The van der Waals surface area contributed by atoms with Crippen LogP contribution in [0.25, 0.3) is 0 Å². The summed E-state index contributed by atoms with van der Waals surface area (Å²) in [6.45, 7) is 0. The molecule has 0 amide bonds. The Morgan fingerprint density at radius 2 is 2.36 bits per heavy atom. The lowest BCUT2D eigenvalue weighted by molar-refractivity contribution is 0.0589. The van der Waals surface area contributed by atoms with E-state index in [2.05, 4.69) is 14.4 Å². The second kappa shape index (κ2) is 3.97. The highest BCUT2D eigenvalue weighted by atomic mass is 35.7. The van der Waals surface area contributed by atoms with Gasteiger partial charge in [-0.15, -0.1) is 0 Å². The first-order valence-electron chi connectivity index (χ1n) is 3.38. The van der Waals surface area contributed by atoms with Crippen LogP contribution >= 0.6 is 10.7 Å². The number of hydrogen-bond acceptors (Lipinski definition) is 6. The molecule has 78 valence electrons. The van der Waals surface area contributed by atoms with E-state index in [-0.39, 0.29) is 11.5 Å². The van der Waals surface area contributed by atoms with Crippen LogP contribution < -0.4 is 0 Å². The molecule has 0 aromatic carbocycles. The van der Waals surface area contributed by atoms with Gasteiger partial charge in [0.25, 0.3) is 0 Å². The molecule has 0 saturated heterocycles. The van der Waals surface area contributed by atoms with Crippen LogP contribution in [0.4, 0.5) is 0 Å². The number of aromatic nitrogens is 1. The van der Waals surface area contributed by atoms with Gasteiger partial charge >= 0.3 is 5.97 Å². The molecule has 1 heterocycles. The highest BCUT2D eigenvalue weighted by Gasteiger charge is 2.16. The molecule has 8 heteroatoms. The minimum absolute atomic E-state index is 0.0135. The Kier molecular flexibility index (Phi) is 3.12. The summed E-state index contributed by atoms with van der Waals surface area (Å²) >= 11 is 0. The third-order valence-corrected chi connectivity index (χ3v) is 2.22. The molecule has 0 atom stereocenters.